The number of carbonyl (C=O) groups excluding carboxylic acids is 2. The summed E-state index contributed by atoms with van der Waals surface area (Å²) >= 11 is 1.48. The number of nitrogens with one attached hydrogen (secondary N) is 1. The summed E-state index contributed by atoms with van der Waals surface area (Å²) in [5.74, 6) is 0.185. The zero-order chi connectivity index (χ0) is 16.4. The first-order valence-corrected chi connectivity index (χ1v) is 9.40. The van der Waals surface area contributed by atoms with Gasteiger partial charge in [0, 0.05) is 16.8 Å². The van der Waals surface area contributed by atoms with E-state index in [2.05, 4.69) is 10.3 Å². The minimum atomic E-state index is -0.130. The van der Waals surface area contributed by atoms with E-state index in [9.17, 15) is 9.59 Å². The Balaban J connectivity index is 1.60. The van der Waals surface area contributed by atoms with Gasteiger partial charge in [0.1, 0.15) is 6.54 Å². The number of rotatable bonds is 5. The molecule has 1 aromatic heterocycles. The van der Waals surface area contributed by atoms with E-state index in [1.165, 1.54) is 17.8 Å². The van der Waals surface area contributed by atoms with Crippen molar-refractivity contribution in [3.8, 4) is 0 Å². The maximum atomic E-state index is 12.8. The van der Waals surface area contributed by atoms with Crippen molar-refractivity contribution >= 4 is 28.3 Å². The van der Waals surface area contributed by atoms with Gasteiger partial charge < -0.3 is 10.2 Å². The molecular formula is C17H25N3O2S. The molecule has 1 aromatic rings. The highest BCUT2D eigenvalue weighted by Gasteiger charge is 2.37. The summed E-state index contributed by atoms with van der Waals surface area (Å²) in [5, 5.41) is 3.48. The third kappa shape index (κ3) is 4.10. The standard InChI is InChI=1S/C17H25N3O2S/c1-11-12(2)23-17(18-11)19-15(21)10-20(14-8-9-14)16(22)13-6-4-3-5-7-13/h13-14H,3-10H2,1-2H3,(H,18,19,21). The molecule has 6 heteroatoms. The van der Waals surface area contributed by atoms with Gasteiger partial charge >= 0.3 is 0 Å². The first-order chi connectivity index (χ1) is 11.0. The number of amides is 2. The van der Waals surface area contributed by atoms with Crippen LogP contribution in [0.2, 0.25) is 0 Å². The van der Waals surface area contributed by atoms with Crippen LogP contribution < -0.4 is 5.32 Å². The number of aryl methyl sites for hydroxylation is 2. The third-order valence-corrected chi connectivity index (χ3v) is 5.80. The molecule has 3 rings (SSSR count). The summed E-state index contributed by atoms with van der Waals surface area (Å²) in [6.45, 7) is 4.09. The van der Waals surface area contributed by atoms with E-state index < -0.39 is 0 Å². The molecule has 2 fully saturated rings. The fraction of sp³-hybridized carbons (Fsp3) is 0.706. The Morgan fingerprint density at radius 2 is 1.87 bits per heavy atom. The van der Waals surface area contributed by atoms with E-state index in [1.54, 1.807) is 0 Å². The highest BCUT2D eigenvalue weighted by molar-refractivity contribution is 7.15. The third-order valence-electron chi connectivity index (χ3n) is 4.81. The normalized spacial score (nSPS) is 18.7. The monoisotopic (exact) mass is 335 g/mol. The lowest BCUT2D eigenvalue weighted by Crippen LogP contribution is -2.43. The minimum Gasteiger partial charge on any atom is -0.330 e. The highest BCUT2D eigenvalue weighted by Crippen LogP contribution is 2.32. The fourth-order valence-electron chi connectivity index (χ4n) is 3.20. The molecule has 126 valence electrons. The topological polar surface area (TPSA) is 62.3 Å². The highest BCUT2D eigenvalue weighted by atomic mass is 32.1. The second kappa shape index (κ2) is 6.99. The van der Waals surface area contributed by atoms with Crippen LogP contribution in [0.1, 0.15) is 55.5 Å². The Bertz CT molecular complexity index is 569. The Hall–Kier alpha value is -1.43. The molecule has 2 aliphatic rings. The van der Waals surface area contributed by atoms with Crippen molar-refractivity contribution in [3.05, 3.63) is 10.6 Å². The van der Waals surface area contributed by atoms with Crippen molar-refractivity contribution in [1.82, 2.24) is 9.88 Å². The lowest BCUT2D eigenvalue weighted by molar-refractivity contribution is -0.139. The quantitative estimate of drug-likeness (QED) is 0.898. The van der Waals surface area contributed by atoms with Crippen LogP contribution >= 0.6 is 11.3 Å². The molecule has 0 unspecified atom stereocenters. The molecule has 2 saturated carbocycles. The average molecular weight is 335 g/mol. The number of nitrogens with zero attached hydrogens (tertiary/aromatic N) is 2. The molecule has 23 heavy (non-hydrogen) atoms. The molecule has 0 radical (unpaired) electrons. The van der Waals surface area contributed by atoms with Crippen LogP contribution in [0.15, 0.2) is 0 Å². The average Bonchev–Trinajstić information content (AvgIpc) is 3.32. The second-order valence-electron chi connectivity index (χ2n) is 6.74. The fourth-order valence-corrected chi connectivity index (χ4v) is 4.03. The Kier molecular flexibility index (Phi) is 4.99. The lowest BCUT2D eigenvalue weighted by atomic mass is 9.88. The van der Waals surface area contributed by atoms with Gasteiger partial charge in [0.05, 0.1) is 5.69 Å². The van der Waals surface area contributed by atoms with E-state index >= 15 is 0 Å². The molecule has 0 aliphatic heterocycles. The first kappa shape index (κ1) is 16.4. The smallest absolute Gasteiger partial charge is 0.245 e. The van der Waals surface area contributed by atoms with Crippen LogP contribution in [0, 0.1) is 19.8 Å². The molecule has 0 atom stereocenters. The van der Waals surface area contributed by atoms with Gasteiger partial charge in [-0.25, -0.2) is 4.98 Å². The first-order valence-electron chi connectivity index (χ1n) is 8.59. The van der Waals surface area contributed by atoms with Gasteiger partial charge in [-0.05, 0) is 39.5 Å². The molecular weight excluding hydrogens is 310 g/mol. The summed E-state index contributed by atoms with van der Waals surface area (Å²) in [6, 6.07) is 0.273. The van der Waals surface area contributed by atoms with E-state index in [4.69, 9.17) is 0 Å². The summed E-state index contributed by atoms with van der Waals surface area (Å²) < 4.78 is 0. The predicted octanol–water partition coefficient (Wildman–Crippen LogP) is 3.27. The lowest BCUT2D eigenvalue weighted by Gasteiger charge is -2.28. The maximum absolute atomic E-state index is 12.8. The number of aromatic nitrogens is 1. The molecule has 2 amide bonds. The Labute approximate surface area is 141 Å². The van der Waals surface area contributed by atoms with Crippen LogP contribution in [0.3, 0.4) is 0 Å². The van der Waals surface area contributed by atoms with Crippen molar-refractivity contribution in [2.24, 2.45) is 5.92 Å². The molecule has 5 nitrogen and oxygen atoms in total. The zero-order valence-corrected chi connectivity index (χ0v) is 14.7. The summed E-state index contributed by atoms with van der Waals surface area (Å²) in [7, 11) is 0. The van der Waals surface area contributed by atoms with E-state index in [0.29, 0.717) is 5.13 Å². The second-order valence-corrected chi connectivity index (χ2v) is 7.94. The van der Waals surface area contributed by atoms with Gasteiger partial charge in [0.15, 0.2) is 5.13 Å². The molecule has 0 spiro atoms. The Morgan fingerprint density at radius 1 is 1.17 bits per heavy atom. The van der Waals surface area contributed by atoms with Crippen LogP contribution in [0.25, 0.3) is 0 Å². The largest absolute Gasteiger partial charge is 0.330 e. The Morgan fingerprint density at radius 3 is 2.43 bits per heavy atom. The summed E-state index contributed by atoms with van der Waals surface area (Å²) in [5.41, 5.74) is 0.947. The van der Waals surface area contributed by atoms with Gasteiger partial charge in [-0.15, -0.1) is 11.3 Å². The number of anilines is 1. The molecule has 0 aromatic carbocycles. The van der Waals surface area contributed by atoms with E-state index in [-0.39, 0.29) is 30.3 Å². The van der Waals surface area contributed by atoms with Crippen LogP contribution in [0.5, 0.6) is 0 Å². The zero-order valence-electron chi connectivity index (χ0n) is 13.9. The van der Waals surface area contributed by atoms with Crippen molar-refractivity contribution in [2.45, 2.75) is 64.8 Å². The number of hydrogen-bond donors (Lipinski definition) is 1. The minimum absolute atomic E-state index is 0.126. The molecule has 2 aliphatic carbocycles. The predicted molar refractivity (Wildman–Crippen MR) is 91.5 cm³/mol. The molecule has 0 bridgehead atoms. The van der Waals surface area contributed by atoms with Gasteiger partial charge in [-0.3, -0.25) is 9.59 Å². The van der Waals surface area contributed by atoms with Crippen LogP contribution in [0.4, 0.5) is 5.13 Å². The van der Waals surface area contributed by atoms with Gasteiger partial charge in [0.25, 0.3) is 0 Å². The van der Waals surface area contributed by atoms with Gasteiger partial charge in [-0.1, -0.05) is 19.3 Å². The summed E-state index contributed by atoms with van der Waals surface area (Å²) in [4.78, 5) is 32.3. The maximum Gasteiger partial charge on any atom is 0.245 e. The van der Waals surface area contributed by atoms with Crippen LogP contribution in [-0.2, 0) is 9.59 Å². The van der Waals surface area contributed by atoms with Crippen molar-refractivity contribution in [1.29, 1.82) is 0 Å². The molecule has 1 heterocycles. The summed E-state index contributed by atoms with van der Waals surface area (Å²) in [6.07, 6.45) is 7.53. The van der Waals surface area contributed by atoms with Crippen LogP contribution in [-0.4, -0.2) is 34.3 Å². The number of hydrogen-bond acceptors (Lipinski definition) is 4. The van der Waals surface area contributed by atoms with Crippen molar-refractivity contribution in [3.63, 3.8) is 0 Å². The van der Waals surface area contributed by atoms with Gasteiger partial charge in [-0.2, -0.15) is 0 Å². The van der Waals surface area contributed by atoms with E-state index in [1.807, 2.05) is 18.7 Å². The number of thiazole rings is 1. The number of carbonyl (C=O) groups is 2. The van der Waals surface area contributed by atoms with Crippen molar-refractivity contribution < 1.29 is 9.59 Å². The molecule has 0 saturated heterocycles. The SMILES string of the molecule is Cc1nc(NC(=O)CN(C(=O)C2CCCCC2)C2CC2)sc1C. The molecule has 1 N–H and O–H groups in total. The van der Waals surface area contributed by atoms with Crippen molar-refractivity contribution in [2.75, 3.05) is 11.9 Å². The van der Waals surface area contributed by atoms with E-state index in [0.717, 1.165) is 49.1 Å². The van der Waals surface area contributed by atoms with Gasteiger partial charge in [0.2, 0.25) is 11.8 Å².